The third kappa shape index (κ3) is 3.50. The summed E-state index contributed by atoms with van der Waals surface area (Å²) in [5, 5.41) is 7.62. The van der Waals surface area contributed by atoms with E-state index in [4.69, 9.17) is 39.8 Å². The van der Waals surface area contributed by atoms with Crippen molar-refractivity contribution in [2.75, 3.05) is 10.6 Å². The Morgan fingerprint density at radius 1 is 1.05 bits per heavy atom. The first-order chi connectivity index (χ1) is 10.5. The summed E-state index contributed by atoms with van der Waals surface area (Å²) in [6, 6.07) is 10.7. The van der Waals surface area contributed by atoms with Gasteiger partial charge in [-0.25, -0.2) is 4.98 Å². The van der Waals surface area contributed by atoms with Crippen molar-refractivity contribution in [2.24, 2.45) is 0 Å². The molecule has 3 rings (SSSR count). The summed E-state index contributed by atoms with van der Waals surface area (Å²) >= 11 is 17.2. The molecule has 0 bridgehead atoms. The normalized spacial score (nSPS) is 10.7. The number of aromatic nitrogens is 1. The number of hydrogen-bond donors (Lipinski definition) is 2. The number of thiocarbonyl (C=S) groups is 1. The third-order valence-corrected chi connectivity index (χ3v) is 3.51. The van der Waals surface area contributed by atoms with Gasteiger partial charge in [0.25, 0.3) is 0 Å². The van der Waals surface area contributed by atoms with Gasteiger partial charge in [-0.3, -0.25) is 0 Å². The summed E-state index contributed by atoms with van der Waals surface area (Å²) < 4.78 is 5.43. The molecule has 1 heterocycles. The van der Waals surface area contributed by atoms with E-state index in [0.717, 1.165) is 16.8 Å². The Morgan fingerprint density at radius 2 is 1.73 bits per heavy atom. The summed E-state index contributed by atoms with van der Waals surface area (Å²) in [5.74, 6) is 0.626. The van der Waals surface area contributed by atoms with Crippen molar-refractivity contribution in [2.45, 2.75) is 6.92 Å². The van der Waals surface area contributed by atoms with Crippen molar-refractivity contribution in [1.82, 2.24) is 4.98 Å². The highest BCUT2D eigenvalue weighted by Gasteiger charge is 2.05. The molecule has 0 atom stereocenters. The van der Waals surface area contributed by atoms with Gasteiger partial charge in [-0.15, -0.1) is 0 Å². The second kappa shape index (κ2) is 6.12. The Kier molecular flexibility index (Phi) is 4.20. The fourth-order valence-electron chi connectivity index (χ4n) is 2.04. The van der Waals surface area contributed by atoms with Crippen LogP contribution in [0.5, 0.6) is 0 Å². The third-order valence-electron chi connectivity index (χ3n) is 2.87. The molecule has 0 amide bonds. The summed E-state index contributed by atoms with van der Waals surface area (Å²) in [6.45, 7) is 1.81. The predicted octanol–water partition coefficient (Wildman–Crippen LogP) is 5.25. The molecule has 1 aromatic heterocycles. The number of aryl methyl sites for hydroxylation is 1. The maximum atomic E-state index is 5.95. The summed E-state index contributed by atoms with van der Waals surface area (Å²) in [5.41, 5.74) is 3.04. The summed E-state index contributed by atoms with van der Waals surface area (Å²) in [7, 11) is 0. The minimum absolute atomic E-state index is 0.429. The van der Waals surface area contributed by atoms with E-state index in [9.17, 15) is 0 Å². The van der Waals surface area contributed by atoms with E-state index in [1.54, 1.807) is 18.2 Å². The van der Waals surface area contributed by atoms with Crippen molar-refractivity contribution in [1.29, 1.82) is 0 Å². The SMILES string of the molecule is Cc1nc2cc(NC(=S)Nc3cc(Cl)cc(Cl)c3)ccc2o1. The average molecular weight is 352 g/mol. The minimum atomic E-state index is 0.429. The minimum Gasteiger partial charge on any atom is -0.441 e. The highest BCUT2D eigenvalue weighted by atomic mass is 35.5. The van der Waals surface area contributed by atoms with E-state index in [1.165, 1.54) is 0 Å². The predicted molar refractivity (Wildman–Crippen MR) is 95.1 cm³/mol. The molecule has 0 saturated heterocycles. The monoisotopic (exact) mass is 351 g/mol. The first-order valence-corrected chi connectivity index (χ1v) is 7.57. The Labute approximate surface area is 142 Å². The van der Waals surface area contributed by atoms with Crippen molar-refractivity contribution in [3.8, 4) is 0 Å². The van der Waals surface area contributed by atoms with Crippen molar-refractivity contribution >= 4 is 63.0 Å². The number of rotatable bonds is 2. The van der Waals surface area contributed by atoms with Gasteiger partial charge in [0.1, 0.15) is 5.52 Å². The number of nitrogens with zero attached hydrogens (tertiary/aromatic N) is 1. The van der Waals surface area contributed by atoms with Crippen LogP contribution < -0.4 is 10.6 Å². The number of hydrogen-bond acceptors (Lipinski definition) is 3. The van der Waals surface area contributed by atoms with Crippen LogP contribution in [0.1, 0.15) is 5.89 Å². The first kappa shape index (κ1) is 15.1. The van der Waals surface area contributed by atoms with Gasteiger partial charge in [0.05, 0.1) is 0 Å². The lowest BCUT2D eigenvalue weighted by Gasteiger charge is -2.11. The summed E-state index contributed by atoms with van der Waals surface area (Å²) in [4.78, 5) is 4.28. The Bertz CT molecular complexity index is 843. The largest absolute Gasteiger partial charge is 0.441 e. The second-order valence-electron chi connectivity index (χ2n) is 4.65. The van der Waals surface area contributed by atoms with Crippen LogP contribution in [0.2, 0.25) is 10.0 Å². The first-order valence-electron chi connectivity index (χ1n) is 6.41. The fourth-order valence-corrected chi connectivity index (χ4v) is 2.80. The quantitative estimate of drug-likeness (QED) is 0.617. The lowest BCUT2D eigenvalue weighted by Crippen LogP contribution is -2.18. The van der Waals surface area contributed by atoms with Crippen LogP contribution >= 0.6 is 35.4 Å². The fraction of sp³-hybridized carbons (Fsp3) is 0.0667. The maximum Gasteiger partial charge on any atom is 0.192 e. The molecule has 4 nitrogen and oxygen atoms in total. The van der Waals surface area contributed by atoms with Crippen molar-refractivity contribution < 1.29 is 4.42 Å². The molecule has 0 fully saturated rings. The van der Waals surface area contributed by atoms with Crippen LogP contribution in [-0.2, 0) is 0 Å². The standard InChI is InChI=1S/C15H11Cl2N3OS/c1-8-18-13-7-11(2-3-14(13)21-8)19-15(22)20-12-5-9(16)4-10(17)6-12/h2-7H,1H3,(H2,19,20,22). The van der Waals surface area contributed by atoms with Gasteiger partial charge in [-0.1, -0.05) is 23.2 Å². The zero-order valence-corrected chi connectivity index (χ0v) is 13.8. The lowest BCUT2D eigenvalue weighted by atomic mass is 10.3. The molecule has 3 aromatic rings. The van der Waals surface area contributed by atoms with Gasteiger partial charge in [-0.05, 0) is 48.6 Å². The molecule has 112 valence electrons. The van der Waals surface area contributed by atoms with E-state index in [0.29, 0.717) is 26.7 Å². The zero-order chi connectivity index (χ0) is 15.7. The molecule has 0 spiro atoms. The number of benzene rings is 2. The van der Waals surface area contributed by atoms with E-state index in [1.807, 2.05) is 25.1 Å². The van der Waals surface area contributed by atoms with E-state index < -0.39 is 0 Å². The van der Waals surface area contributed by atoms with E-state index in [2.05, 4.69) is 15.6 Å². The number of fused-ring (bicyclic) bond motifs is 1. The number of nitrogens with one attached hydrogen (secondary N) is 2. The van der Waals surface area contributed by atoms with Gasteiger partial charge in [0.2, 0.25) is 0 Å². The van der Waals surface area contributed by atoms with Gasteiger partial charge in [0.15, 0.2) is 16.6 Å². The highest BCUT2D eigenvalue weighted by molar-refractivity contribution is 7.80. The van der Waals surface area contributed by atoms with Crippen molar-refractivity contribution in [3.63, 3.8) is 0 Å². The number of oxazole rings is 1. The van der Waals surface area contributed by atoms with Gasteiger partial charge in [0, 0.05) is 28.3 Å². The Morgan fingerprint density at radius 3 is 2.45 bits per heavy atom. The lowest BCUT2D eigenvalue weighted by molar-refractivity contribution is 0.561. The Hall–Kier alpha value is -1.82. The molecule has 0 unspecified atom stereocenters. The van der Waals surface area contributed by atoms with E-state index in [-0.39, 0.29) is 0 Å². The highest BCUT2D eigenvalue weighted by Crippen LogP contribution is 2.23. The summed E-state index contributed by atoms with van der Waals surface area (Å²) in [6.07, 6.45) is 0. The molecule has 7 heteroatoms. The van der Waals surface area contributed by atoms with Crippen LogP contribution in [0.25, 0.3) is 11.1 Å². The smallest absolute Gasteiger partial charge is 0.192 e. The van der Waals surface area contributed by atoms with Crippen molar-refractivity contribution in [3.05, 3.63) is 52.3 Å². The van der Waals surface area contributed by atoms with Gasteiger partial charge in [-0.2, -0.15) is 0 Å². The van der Waals surface area contributed by atoms with Crippen LogP contribution in [0.15, 0.2) is 40.8 Å². The zero-order valence-electron chi connectivity index (χ0n) is 11.5. The number of halogens is 2. The van der Waals surface area contributed by atoms with E-state index >= 15 is 0 Å². The molecule has 0 radical (unpaired) electrons. The van der Waals surface area contributed by atoms with Crippen LogP contribution in [0.4, 0.5) is 11.4 Å². The van der Waals surface area contributed by atoms with Gasteiger partial charge < -0.3 is 15.1 Å². The number of anilines is 2. The molecule has 0 aliphatic carbocycles. The van der Waals surface area contributed by atoms with Crippen LogP contribution in [-0.4, -0.2) is 10.1 Å². The maximum absolute atomic E-state index is 5.95. The molecule has 0 aliphatic heterocycles. The molecule has 2 N–H and O–H groups in total. The molecular weight excluding hydrogens is 341 g/mol. The molecule has 22 heavy (non-hydrogen) atoms. The molecule has 2 aromatic carbocycles. The molecular formula is C15H11Cl2N3OS. The second-order valence-corrected chi connectivity index (χ2v) is 5.93. The van der Waals surface area contributed by atoms with Crippen LogP contribution in [0, 0.1) is 6.92 Å². The van der Waals surface area contributed by atoms with Gasteiger partial charge >= 0.3 is 0 Å². The van der Waals surface area contributed by atoms with Crippen LogP contribution in [0.3, 0.4) is 0 Å². The molecule has 0 saturated carbocycles. The average Bonchev–Trinajstić information content (AvgIpc) is 2.76. The molecule has 0 aliphatic rings. The topological polar surface area (TPSA) is 50.1 Å². The Balaban J connectivity index is 1.74.